The van der Waals surface area contributed by atoms with Gasteiger partial charge in [0.05, 0.1) is 25.7 Å². The molecule has 118 valence electrons. The van der Waals surface area contributed by atoms with Crippen LogP contribution in [0.25, 0.3) is 0 Å². The van der Waals surface area contributed by atoms with Crippen LogP contribution in [0.1, 0.15) is 22.1 Å². The van der Waals surface area contributed by atoms with Crippen LogP contribution in [0.2, 0.25) is 0 Å². The van der Waals surface area contributed by atoms with E-state index in [0.717, 1.165) is 10.4 Å². The lowest BCUT2D eigenvalue weighted by atomic mass is 10.1. The molecule has 1 atom stereocenters. The van der Waals surface area contributed by atoms with Crippen LogP contribution in [0, 0.1) is 6.92 Å². The van der Waals surface area contributed by atoms with Crippen LogP contribution in [0.3, 0.4) is 0 Å². The van der Waals surface area contributed by atoms with Crippen molar-refractivity contribution in [2.24, 2.45) is 0 Å². The molecule has 1 aromatic heterocycles. The first-order valence-electron chi connectivity index (χ1n) is 7.27. The maximum absolute atomic E-state index is 12.0. The number of hydrogen-bond donors (Lipinski definition) is 2. The Kier molecular flexibility index (Phi) is 6.58. The van der Waals surface area contributed by atoms with Crippen LogP contribution in [-0.4, -0.2) is 30.8 Å². The Morgan fingerprint density at radius 2 is 2.09 bits per heavy atom. The van der Waals surface area contributed by atoms with Gasteiger partial charge in [0.15, 0.2) is 0 Å². The highest BCUT2D eigenvalue weighted by Crippen LogP contribution is 2.17. The molecule has 5 heteroatoms. The SMILES string of the molecule is Cc1ccc(C(CNC(=O)Cc2cccs2)OCCO)cc1. The second kappa shape index (κ2) is 8.68. The summed E-state index contributed by atoms with van der Waals surface area (Å²) in [5.41, 5.74) is 2.17. The van der Waals surface area contributed by atoms with Gasteiger partial charge in [-0.25, -0.2) is 0 Å². The van der Waals surface area contributed by atoms with Crippen molar-refractivity contribution >= 4 is 17.2 Å². The molecule has 2 N–H and O–H groups in total. The molecule has 0 spiro atoms. The number of nitrogens with one attached hydrogen (secondary N) is 1. The zero-order valence-corrected chi connectivity index (χ0v) is 13.4. The van der Waals surface area contributed by atoms with Gasteiger partial charge in [0, 0.05) is 11.4 Å². The molecular weight excluding hydrogens is 298 g/mol. The lowest BCUT2D eigenvalue weighted by Gasteiger charge is -2.19. The van der Waals surface area contributed by atoms with Gasteiger partial charge in [-0.2, -0.15) is 0 Å². The van der Waals surface area contributed by atoms with Gasteiger partial charge in [-0.15, -0.1) is 11.3 Å². The minimum Gasteiger partial charge on any atom is -0.394 e. The number of hydrogen-bond acceptors (Lipinski definition) is 4. The maximum atomic E-state index is 12.0. The van der Waals surface area contributed by atoms with Gasteiger partial charge in [-0.1, -0.05) is 35.9 Å². The molecule has 1 heterocycles. The van der Waals surface area contributed by atoms with Gasteiger partial charge < -0.3 is 15.2 Å². The normalized spacial score (nSPS) is 12.1. The quantitative estimate of drug-likeness (QED) is 0.786. The molecule has 1 amide bonds. The summed E-state index contributed by atoms with van der Waals surface area (Å²) in [7, 11) is 0. The van der Waals surface area contributed by atoms with Gasteiger partial charge in [0.2, 0.25) is 5.91 Å². The average molecular weight is 319 g/mol. The summed E-state index contributed by atoms with van der Waals surface area (Å²) in [6.45, 7) is 2.63. The molecule has 0 bridgehead atoms. The van der Waals surface area contributed by atoms with Gasteiger partial charge in [0.1, 0.15) is 0 Å². The number of carbonyl (C=O) groups is 1. The number of rotatable bonds is 8. The summed E-state index contributed by atoms with van der Waals surface area (Å²) >= 11 is 1.57. The Labute approximate surface area is 134 Å². The highest BCUT2D eigenvalue weighted by Gasteiger charge is 2.14. The van der Waals surface area contributed by atoms with E-state index in [4.69, 9.17) is 9.84 Å². The lowest BCUT2D eigenvalue weighted by Crippen LogP contribution is -2.30. The summed E-state index contributed by atoms with van der Waals surface area (Å²) in [6.07, 6.45) is 0.137. The summed E-state index contributed by atoms with van der Waals surface area (Å²) in [6, 6.07) is 11.9. The van der Waals surface area contributed by atoms with Crippen molar-refractivity contribution in [3.8, 4) is 0 Å². The van der Waals surface area contributed by atoms with Crippen molar-refractivity contribution in [1.29, 1.82) is 0 Å². The zero-order chi connectivity index (χ0) is 15.8. The fourth-order valence-electron chi connectivity index (χ4n) is 2.09. The van der Waals surface area contributed by atoms with E-state index in [0.29, 0.717) is 13.0 Å². The molecule has 0 fully saturated rings. The first-order chi connectivity index (χ1) is 10.7. The van der Waals surface area contributed by atoms with Crippen molar-refractivity contribution in [3.63, 3.8) is 0 Å². The summed E-state index contributed by atoms with van der Waals surface area (Å²) in [5, 5.41) is 13.8. The second-order valence-electron chi connectivity index (χ2n) is 5.05. The third kappa shape index (κ3) is 5.26. The smallest absolute Gasteiger partial charge is 0.225 e. The number of aliphatic hydroxyl groups excluding tert-OH is 1. The zero-order valence-electron chi connectivity index (χ0n) is 12.6. The first-order valence-corrected chi connectivity index (χ1v) is 8.15. The Balaban J connectivity index is 1.91. The van der Waals surface area contributed by atoms with E-state index >= 15 is 0 Å². The predicted molar refractivity (Wildman–Crippen MR) is 88.0 cm³/mol. The van der Waals surface area contributed by atoms with Crippen LogP contribution in [0.5, 0.6) is 0 Å². The van der Waals surface area contributed by atoms with E-state index in [-0.39, 0.29) is 25.2 Å². The highest BCUT2D eigenvalue weighted by atomic mass is 32.1. The van der Waals surface area contributed by atoms with Crippen LogP contribution in [0.4, 0.5) is 0 Å². The Morgan fingerprint density at radius 1 is 1.32 bits per heavy atom. The van der Waals surface area contributed by atoms with Crippen LogP contribution in [-0.2, 0) is 16.0 Å². The third-order valence-electron chi connectivity index (χ3n) is 3.26. The molecule has 0 aliphatic rings. The molecule has 0 saturated heterocycles. The van der Waals surface area contributed by atoms with E-state index in [1.54, 1.807) is 11.3 Å². The molecule has 2 aromatic rings. The van der Waals surface area contributed by atoms with Gasteiger partial charge >= 0.3 is 0 Å². The van der Waals surface area contributed by atoms with Gasteiger partial charge in [-0.05, 0) is 23.9 Å². The third-order valence-corrected chi connectivity index (χ3v) is 4.14. The summed E-state index contributed by atoms with van der Waals surface area (Å²) < 4.78 is 5.64. The minimum absolute atomic E-state index is 0.0211. The van der Waals surface area contributed by atoms with E-state index in [2.05, 4.69) is 5.32 Å². The minimum atomic E-state index is -0.250. The largest absolute Gasteiger partial charge is 0.394 e. The second-order valence-corrected chi connectivity index (χ2v) is 6.09. The highest BCUT2D eigenvalue weighted by molar-refractivity contribution is 7.10. The number of thiophene rings is 1. The van der Waals surface area contributed by atoms with Crippen molar-refractivity contribution < 1.29 is 14.6 Å². The van der Waals surface area contributed by atoms with E-state index in [1.807, 2.05) is 48.7 Å². The lowest BCUT2D eigenvalue weighted by molar-refractivity contribution is -0.121. The van der Waals surface area contributed by atoms with E-state index in [1.165, 1.54) is 5.56 Å². The van der Waals surface area contributed by atoms with Crippen LogP contribution >= 0.6 is 11.3 Å². The molecule has 0 aliphatic carbocycles. The van der Waals surface area contributed by atoms with Gasteiger partial charge in [0.25, 0.3) is 0 Å². The number of amides is 1. The molecule has 0 radical (unpaired) electrons. The molecule has 1 unspecified atom stereocenters. The summed E-state index contributed by atoms with van der Waals surface area (Å²) in [5.74, 6) is -0.0211. The molecular formula is C17H21NO3S. The number of benzene rings is 1. The monoisotopic (exact) mass is 319 g/mol. The number of ether oxygens (including phenoxy) is 1. The number of aryl methyl sites for hydroxylation is 1. The summed E-state index contributed by atoms with van der Waals surface area (Å²) in [4.78, 5) is 13.0. The van der Waals surface area contributed by atoms with Crippen molar-refractivity contribution in [3.05, 3.63) is 57.8 Å². The molecule has 0 aliphatic heterocycles. The number of carbonyl (C=O) groups excluding carboxylic acids is 1. The fraction of sp³-hybridized carbons (Fsp3) is 0.353. The average Bonchev–Trinajstić information content (AvgIpc) is 3.01. The predicted octanol–water partition coefficient (Wildman–Crippen LogP) is 2.47. The van der Waals surface area contributed by atoms with Crippen molar-refractivity contribution in [2.75, 3.05) is 19.8 Å². The standard InChI is InChI=1S/C17H21NO3S/c1-13-4-6-14(7-5-13)16(21-9-8-19)12-18-17(20)11-15-3-2-10-22-15/h2-7,10,16,19H,8-9,11-12H2,1H3,(H,18,20). The fourth-order valence-corrected chi connectivity index (χ4v) is 2.79. The molecule has 1 aromatic carbocycles. The van der Waals surface area contributed by atoms with Crippen molar-refractivity contribution in [2.45, 2.75) is 19.4 Å². The Bertz CT molecular complexity index is 566. The Hall–Kier alpha value is -1.69. The van der Waals surface area contributed by atoms with Gasteiger partial charge in [-0.3, -0.25) is 4.79 Å². The van der Waals surface area contributed by atoms with E-state index < -0.39 is 0 Å². The number of aliphatic hydroxyl groups is 1. The maximum Gasteiger partial charge on any atom is 0.225 e. The van der Waals surface area contributed by atoms with Crippen molar-refractivity contribution in [1.82, 2.24) is 5.32 Å². The molecule has 4 nitrogen and oxygen atoms in total. The molecule has 0 saturated carbocycles. The van der Waals surface area contributed by atoms with Crippen LogP contribution < -0.4 is 5.32 Å². The molecule has 22 heavy (non-hydrogen) atoms. The topological polar surface area (TPSA) is 58.6 Å². The first kappa shape index (κ1) is 16.7. The Morgan fingerprint density at radius 3 is 2.73 bits per heavy atom. The van der Waals surface area contributed by atoms with Crippen LogP contribution in [0.15, 0.2) is 41.8 Å². The molecule has 2 rings (SSSR count). The van der Waals surface area contributed by atoms with E-state index in [9.17, 15) is 4.79 Å².